The van der Waals surface area contributed by atoms with Gasteiger partial charge in [-0.1, -0.05) is 0 Å². The maximum absolute atomic E-state index is 14.4. The summed E-state index contributed by atoms with van der Waals surface area (Å²) in [4.78, 5) is 12.2. The second-order valence-corrected chi connectivity index (χ2v) is 7.15. The van der Waals surface area contributed by atoms with Gasteiger partial charge in [-0.3, -0.25) is 0 Å². The van der Waals surface area contributed by atoms with E-state index in [2.05, 4.69) is 20.7 Å². The Kier molecular flexibility index (Phi) is 6.33. The van der Waals surface area contributed by atoms with Crippen LogP contribution in [0.25, 0.3) is 5.69 Å². The minimum absolute atomic E-state index is 0.00655. The van der Waals surface area contributed by atoms with Crippen molar-refractivity contribution in [1.82, 2.24) is 4.57 Å². The molecule has 0 spiro atoms. The molecule has 0 saturated carbocycles. The van der Waals surface area contributed by atoms with Gasteiger partial charge in [0.05, 0.1) is 34.1 Å². The summed E-state index contributed by atoms with van der Waals surface area (Å²) >= 11 is 2.85. The van der Waals surface area contributed by atoms with E-state index in [1.165, 1.54) is 0 Å². The standard InChI is InChI=1S/C20H10BrF6N3O3/c1-32-19(31)16-15(29)8(6-28)7-30(16)13-3-2-10(22)14(21)18(13)33-17-11(23)4-9(5-12(17)24)20(25,26)27/h2-5,7H,29H2,1H3. The number of halogens is 7. The number of nitrogens with zero attached hydrogens (tertiary/aromatic N) is 2. The van der Waals surface area contributed by atoms with Crippen LogP contribution in [-0.4, -0.2) is 17.6 Å². The highest BCUT2D eigenvalue weighted by molar-refractivity contribution is 9.10. The molecule has 1 aromatic heterocycles. The molecular weight excluding hydrogens is 524 g/mol. The lowest BCUT2D eigenvalue weighted by Crippen LogP contribution is -2.12. The molecule has 13 heteroatoms. The van der Waals surface area contributed by atoms with Crippen LogP contribution in [0.3, 0.4) is 0 Å². The number of nitrogens with two attached hydrogens (primary N) is 1. The van der Waals surface area contributed by atoms with Crippen molar-refractivity contribution < 1.29 is 40.6 Å². The number of rotatable bonds is 4. The minimum Gasteiger partial charge on any atom is -0.464 e. The molecule has 172 valence electrons. The maximum Gasteiger partial charge on any atom is 0.416 e. The topological polar surface area (TPSA) is 90.3 Å². The molecule has 0 amide bonds. The van der Waals surface area contributed by atoms with E-state index >= 15 is 0 Å². The maximum atomic E-state index is 14.4. The quantitative estimate of drug-likeness (QED) is 0.342. The van der Waals surface area contributed by atoms with Crippen LogP contribution in [0.4, 0.5) is 32.0 Å². The third kappa shape index (κ3) is 4.34. The number of aromatic nitrogens is 1. The first kappa shape index (κ1) is 24.0. The summed E-state index contributed by atoms with van der Waals surface area (Å²) in [6, 6.07) is 3.67. The summed E-state index contributed by atoms with van der Waals surface area (Å²) in [6.45, 7) is 0. The summed E-state index contributed by atoms with van der Waals surface area (Å²) < 4.78 is 91.7. The molecule has 0 atom stereocenters. The van der Waals surface area contributed by atoms with Crippen molar-refractivity contribution in [1.29, 1.82) is 5.26 Å². The number of nitrogen functional groups attached to an aromatic ring is 1. The van der Waals surface area contributed by atoms with Crippen LogP contribution in [-0.2, 0) is 10.9 Å². The van der Waals surface area contributed by atoms with Gasteiger partial charge in [-0.25, -0.2) is 18.0 Å². The second-order valence-electron chi connectivity index (χ2n) is 6.36. The van der Waals surface area contributed by atoms with Crippen LogP contribution in [0.2, 0.25) is 0 Å². The third-order valence-corrected chi connectivity index (χ3v) is 5.10. The van der Waals surface area contributed by atoms with E-state index < -0.39 is 51.1 Å². The van der Waals surface area contributed by atoms with Crippen LogP contribution in [0.5, 0.6) is 11.5 Å². The van der Waals surface area contributed by atoms with Gasteiger partial charge < -0.3 is 19.8 Å². The van der Waals surface area contributed by atoms with Gasteiger partial charge in [0.2, 0.25) is 0 Å². The Morgan fingerprint density at radius 2 is 1.73 bits per heavy atom. The first-order chi connectivity index (χ1) is 15.4. The SMILES string of the molecule is COC(=O)c1c(N)c(C#N)cn1-c1ccc(F)c(Br)c1Oc1c(F)cc(C(F)(F)F)cc1F. The van der Waals surface area contributed by atoms with E-state index in [0.717, 1.165) is 30.0 Å². The second kappa shape index (κ2) is 8.70. The van der Waals surface area contributed by atoms with Crippen molar-refractivity contribution in [2.24, 2.45) is 0 Å². The number of ether oxygens (including phenoxy) is 2. The van der Waals surface area contributed by atoms with E-state index in [0.29, 0.717) is 0 Å². The lowest BCUT2D eigenvalue weighted by Gasteiger charge is -2.17. The van der Waals surface area contributed by atoms with Gasteiger partial charge in [0.1, 0.15) is 11.9 Å². The van der Waals surface area contributed by atoms with Gasteiger partial charge in [-0.2, -0.15) is 18.4 Å². The van der Waals surface area contributed by atoms with Crippen LogP contribution < -0.4 is 10.5 Å². The smallest absolute Gasteiger partial charge is 0.416 e. The van der Waals surface area contributed by atoms with Gasteiger partial charge in [-0.05, 0) is 40.2 Å². The van der Waals surface area contributed by atoms with Crippen LogP contribution in [0.1, 0.15) is 21.6 Å². The number of benzene rings is 2. The lowest BCUT2D eigenvalue weighted by molar-refractivity contribution is -0.138. The fourth-order valence-electron chi connectivity index (χ4n) is 2.84. The molecule has 0 aliphatic carbocycles. The fourth-order valence-corrected chi connectivity index (χ4v) is 3.25. The van der Waals surface area contributed by atoms with E-state index in [9.17, 15) is 36.4 Å². The molecule has 0 aliphatic rings. The first-order valence-corrected chi connectivity index (χ1v) is 9.41. The van der Waals surface area contributed by atoms with Crippen molar-refractivity contribution in [3.05, 3.63) is 69.2 Å². The van der Waals surface area contributed by atoms with E-state index in [4.69, 9.17) is 10.5 Å². The molecule has 0 aliphatic heterocycles. The number of hydrogen-bond acceptors (Lipinski definition) is 5. The Balaban J connectivity index is 2.26. The number of carbonyl (C=O) groups is 1. The number of esters is 1. The summed E-state index contributed by atoms with van der Waals surface area (Å²) in [5, 5.41) is 9.24. The van der Waals surface area contributed by atoms with E-state index in [-0.39, 0.29) is 34.8 Å². The summed E-state index contributed by atoms with van der Waals surface area (Å²) in [5.41, 5.74) is 3.09. The summed E-state index contributed by atoms with van der Waals surface area (Å²) in [7, 11) is 1.02. The Morgan fingerprint density at radius 1 is 1.12 bits per heavy atom. The molecule has 1 heterocycles. The Hall–Kier alpha value is -3.66. The average molecular weight is 534 g/mol. The largest absolute Gasteiger partial charge is 0.464 e. The number of alkyl halides is 3. The molecule has 3 aromatic rings. The predicted octanol–water partition coefficient (Wildman–Crippen LogP) is 5.71. The summed E-state index contributed by atoms with van der Waals surface area (Å²) in [5.74, 6) is -7.31. The third-order valence-electron chi connectivity index (χ3n) is 4.36. The number of nitriles is 1. The molecule has 0 saturated heterocycles. The molecular formula is C20H10BrF6N3O3. The highest BCUT2D eigenvalue weighted by atomic mass is 79.9. The molecule has 2 N–H and O–H groups in total. The zero-order valence-corrected chi connectivity index (χ0v) is 17.8. The van der Waals surface area contributed by atoms with Crippen molar-refractivity contribution in [2.75, 3.05) is 12.8 Å². The highest BCUT2D eigenvalue weighted by Crippen LogP contribution is 2.42. The molecule has 0 unspecified atom stereocenters. The fraction of sp³-hybridized carbons (Fsp3) is 0.100. The van der Waals surface area contributed by atoms with Crippen molar-refractivity contribution in [2.45, 2.75) is 6.18 Å². The molecule has 0 fully saturated rings. The monoisotopic (exact) mass is 533 g/mol. The molecule has 33 heavy (non-hydrogen) atoms. The van der Waals surface area contributed by atoms with Gasteiger partial charge in [0.15, 0.2) is 28.8 Å². The molecule has 0 bridgehead atoms. The predicted molar refractivity (Wildman–Crippen MR) is 105 cm³/mol. The Labute approximate surface area is 189 Å². The average Bonchev–Trinajstić information content (AvgIpc) is 3.08. The van der Waals surface area contributed by atoms with E-state index in [1.54, 1.807) is 6.07 Å². The van der Waals surface area contributed by atoms with Crippen LogP contribution in [0, 0.1) is 28.8 Å². The van der Waals surface area contributed by atoms with Gasteiger partial charge in [0, 0.05) is 6.20 Å². The van der Waals surface area contributed by atoms with Crippen molar-refractivity contribution >= 4 is 27.6 Å². The summed E-state index contributed by atoms with van der Waals surface area (Å²) in [6.07, 6.45) is -3.97. The zero-order chi connectivity index (χ0) is 24.7. The number of carbonyl (C=O) groups excluding carboxylic acids is 1. The molecule has 2 aromatic carbocycles. The number of hydrogen-bond donors (Lipinski definition) is 1. The van der Waals surface area contributed by atoms with Crippen molar-refractivity contribution in [3.63, 3.8) is 0 Å². The first-order valence-electron chi connectivity index (χ1n) is 8.62. The molecule has 0 radical (unpaired) electrons. The minimum atomic E-state index is -5.03. The van der Waals surface area contributed by atoms with Gasteiger partial charge >= 0.3 is 12.1 Å². The normalized spacial score (nSPS) is 11.2. The van der Waals surface area contributed by atoms with Gasteiger partial charge in [0.25, 0.3) is 0 Å². The Bertz CT molecular complexity index is 1290. The number of methoxy groups -OCH3 is 1. The number of anilines is 1. The zero-order valence-electron chi connectivity index (χ0n) is 16.2. The van der Waals surface area contributed by atoms with Crippen LogP contribution in [0.15, 0.2) is 34.9 Å². The lowest BCUT2D eigenvalue weighted by atomic mass is 10.2. The van der Waals surface area contributed by atoms with E-state index in [1.807, 2.05) is 0 Å². The van der Waals surface area contributed by atoms with Crippen molar-refractivity contribution in [3.8, 4) is 23.3 Å². The highest BCUT2D eigenvalue weighted by Gasteiger charge is 2.34. The molecule has 3 rings (SSSR count). The van der Waals surface area contributed by atoms with Gasteiger partial charge in [-0.15, -0.1) is 0 Å². The van der Waals surface area contributed by atoms with Crippen LogP contribution >= 0.6 is 15.9 Å². The molecule has 6 nitrogen and oxygen atoms in total. The Morgan fingerprint density at radius 3 is 2.24 bits per heavy atom.